The first kappa shape index (κ1) is 25.5. The van der Waals surface area contributed by atoms with Gasteiger partial charge in [-0.1, -0.05) is 66.5 Å². The summed E-state index contributed by atoms with van der Waals surface area (Å²) in [4.78, 5) is 0. The van der Waals surface area contributed by atoms with Crippen LogP contribution in [0.4, 0.5) is 0 Å². The summed E-state index contributed by atoms with van der Waals surface area (Å²) >= 11 is 0. The van der Waals surface area contributed by atoms with Crippen molar-refractivity contribution in [1.82, 2.24) is 5.32 Å². The topological polar surface area (TPSA) is 46.4 Å². The smallest absolute Gasteiger partial charge is 0.644 e. The molecule has 0 saturated carbocycles. The van der Waals surface area contributed by atoms with Gasteiger partial charge >= 0.3 is 51.4 Å². The summed E-state index contributed by atoms with van der Waals surface area (Å²) in [5, 5.41) is 16.9. The van der Waals surface area contributed by atoms with Crippen LogP contribution in [0.5, 0.6) is 0 Å². The number of nitrogens with one attached hydrogen (secondary N) is 1. The molecule has 0 aliphatic carbocycles. The second kappa shape index (κ2) is 19.5. The first-order valence-corrected chi connectivity index (χ1v) is 7.62. The molecule has 0 aromatic carbocycles. The van der Waals surface area contributed by atoms with E-state index in [0.717, 1.165) is 25.2 Å². The quantitative estimate of drug-likeness (QED) is 0.589. The van der Waals surface area contributed by atoms with Crippen molar-refractivity contribution in [2.24, 2.45) is 5.92 Å². The van der Waals surface area contributed by atoms with E-state index in [9.17, 15) is 0 Å². The SMILES string of the molecule is CC.CCC(CCO)[N-]C(CCCC(C)C)NC.[K+]. The van der Waals surface area contributed by atoms with Gasteiger partial charge in [-0.25, -0.2) is 0 Å². The number of aliphatic hydroxyl groups excluding tert-OH is 1. The Labute approximate surface area is 164 Å². The molecule has 0 saturated heterocycles. The maximum absolute atomic E-state index is 8.92. The molecule has 3 nitrogen and oxygen atoms in total. The molecular formula is C15H35KN2O. The Balaban J connectivity index is -0.000000809. The standard InChI is InChI=1S/C13H29N2O.C2H6.K/c1-5-12(9-10-16)15-13(14-4)8-6-7-11(2)3;1-2;/h11-14,16H,5-10H2,1-4H3;1-2H3;/q-1;;+1. The van der Waals surface area contributed by atoms with E-state index in [1.165, 1.54) is 12.8 Å². The third kappa shape index (κ3) is 17.5. The van der Waals surface area contributed by atoms with Crippen molar-refractivity contribution < 1.29 is 56.5 Å². The molecule has 4 heteroatoms. The summed E-state index contributed by atoms with van der Waals surface area (Å²) in [5.41, 5.74) is 0. The molecule has 0 amide bonds. The van der Waals surface area contributed by atoms with Crippen molar-refractivity contribution in [3.63, 3.8) is 0 Å². The van der Waals surface area contributed by atoms with Crippen molar-refractivity contribution in [3.05, 3.63) is 5.32 Å². The molecule has 0 aromatic heterocycles. The van der Waals surface area contributed by atoms with Crippen molar-refractivity contribution in [3.8, 4) is 0 Å². The van der Waals surface area contributed by atoms with Gasteiger partial charge < -0.3 is 15.7 Å². The first-order valence-electron chi connectivity index (χ1n) is 7.62. The predicted octanol–water partition coefficient (Wildman–Crippen LogP) is 0.923. The van der Waals surface area contributed by atoms with Crippen LogP contribution in [0.2, 0.25) is 0 Å². The Bertz CT molecular complexity index is 157. The minimum atomic E-state index is 0. The summed E-state index contributed by atoms with van der Waals surface area (Å²) in [6.45, 7) is 10.9. The summed E-state index contributed by atoms with van der Waals surface area (Å²) in [7, 11) is 1.97. The fraction of sp³-hybridized carbons (Fsp3) is 1.00. The number of hydrogen-bond acceptors (Lipinski definition) is 2. The fourth-order valence-electron chi connectivity index (χ4n) is 1.80. The summed E-state index contributed by atoms with van der Waals surface area (Å²) in [6, 6.07) is 0.307. The molecule has 0 radical (unpaired) electrons. The largest absolute Gasteiger partial charge is 1.00 e. The van der Waals surface area contributed by atoms with E-state index in [1.807, 2.05) is 20.9 Å². The predicted molar refractivity (Wildman–Crippen MR) is 82.0 cm³/mol. The second-order valence-corrected chi connectivity index (χ2v) is 4.85. The Kier molecular flexibility index (Phi) is 26.2. The third-order valence-electron chi connectivity index (χ3n) is 2.92. The van der Waals surface area contributed by atoms with Crippen LogP contribution in [0, 0.1) is 5.92 Å². The Hall–Kier alpha value is 1.52. The van der Waals surface area contributed by atoms with E-state index in [1.54, 1.807) is 0 Å². The summed E-state index contributed by atoms with van der Waals surface area (Å²) in [6.07, 6.45) is 5.67. The zero-order valence-corrected chi connectivity index (χ0v) is 17.5. The zero-order valence-electron chi connectivity index (χ0n) is 14.4. The maximum atomic E-state index is 8.92. The molecule has 0 fully saturated rings. The number of nitrogens with zero attached hydrogens (tertiary/aromatic N) is 1. The van der Waals surface area contributed by atoms with Crippen molar-refractivity contribution >= 4 is 0 Å². The van der Waals surface area contributed by atoms with E-state index in [0.29, 0.717) is 6.04 Å². The van der Waals surface area contributed by atoms with Gasteiger partial charge in [-0.05, 0) is 19.4 Å². The van der Waals surface area contributed by atoms with E-state index in [2.05, 4.69) is 26.1 Å². The Morgan fingerprint density at radius 2 is 1.68 bits per heavy atom. The van der Waals surface area contributed by atoms with Gasteiger partial charge in [-0.2, -0.15) is 0 Å². The van der Waals surface area contributed by atoms with Crippen LogP contribution >= 0.6 is 0 Å². The molecule has 0 bridgehead atoms. The monoisotopic (exact) mass is 298 g/mol. The minimum Gasteiger partial charge on any atom is -0.644 e. The molecule has 0 aliphatic heterocycles. The van der Waals surface area contributed by atoms with Gasteiger partial charge in [0, 0.05) is 6.61 Å². The van der Waals surface area contributed by atoms with Crippen LogP contribution < -0.4 is 56.7 Å². The van der Waals surface area contributed by atoms with Gasteiger partial charge in [0.15, 0.2) is 0 Å². The summed E-state index contributed by atoms with van der Waals surface area (Å²) in [5.74, 6) is 0.775. The third-order valence-corrected chi connectivity index (χ3v) is 2.92. The van der Waals surface area contributed by atoms with Crippen LogP contribution in [-0.2, 0) is 0 Å². The molecule has 0 aromatic rings. The molecule has 0 aliphatic rings. The number of rotatable bonds is 10. The van der Waals surface area contributed by atoms with Gasteiger partial charge in [0.2, 0.25) is 0 Å². The molecule has 2 atom stereocenters. The van der Waals surface area contributed by atoms with Crippen LogP contribution in [0.25, 0.3) is 5.32 Å². The van der Waals surface area contributed by atoms with E-state index >= 15 is 0 Å². The van der Waals surface area contributed by atoms with Crippen LogP contribution in [-0.4, -0.2) is 31.0 Å². The molecule has 0 heterocycles. The van der Waals surface area contributed by atoms with Gasteiger partial charge in [0.1, 0.15) is 0 Å². The number of hydrogen-bond donors (Lipinski definition) is 2. The van der Waals surface area contributed by atoms with Crippen LogP contribution in [0.3, 0.4) is 0 Å². The molecule has 0 spiro atoms. The first-order chi connectivity index (χ1) is 8.63. The molecule has 112 valence electrons. The molecule has 0 rings (SSSR count). The van der Waals surface area contributed by atoms with E-state index in [4.69, 9.17) is 10.4 Å². The normalized spacial score (nSPS) is 13.3. The Morgan fingerprint density at radius 3 is 2.05 bits per heavy atom. The molecule has 2 N–H and O–H groups in total. The fourth-order valence-corrected chi connectivity index (χ4v) is 1.80. The van der Waals surface area contributed by atoms with Gasteiger partial charge in [0.25, 0.3) is 0 Å². The van der Waals surface area contributed by atoms with Crippen molar-refractivity contribution in [2.45, 2.75) is 78.9 Å². The Morgan fingerprint density at radius 1 is 1.11 bits per heavy atom. The average Bonchev–Trinajstić information content (AvgIpc) is 2.38. The van der Waals surface area contributed by atoms with Gasteiger partial charge in [0.05, 0.1) is 0 Å². The second-order valence-electron chi connectivity index (χ2n) is 4.85. The molecular weight excluding hydrogens is 263 g/mol. The van der Waals surface area contributed by atoms with Gasteiger partial charge in [-0.3, -0.25) is 0 Å². The van der Waals surface area contributed by atoms with E-state index < -0.39 is 0 Å². The van der Waals surface area contributed by atoms with Crippen molar-refractivity contribution in [1.29, 1.82) is 0 Å². The van der Waals surface area contributed by atoms with Crippen molar-refractivity contribution in [2.75, 3.05) is 13.7 Å². The average molecular weight is 299 g/mol. The maximum Gasteiger partial charge on any atom is 1.00 e. The van der Waals surface area contributed by atoms with E-state index in [-0.39, 0.29) is 64.2 Å². The van der Waals surface area contributed by atoms with Crippen LogP contribution in [0.15, 0.2) is 0 Å². The zero-order chi connectivity index (χ0) is 14.4. The van der Waals surface area contributed by atoms with Crippen LogP contribution in [0.1, 0.15) is 66.7 Å². The minimum absolute atomic E-state index is 0. The molecule has 19 heavy (non-hydrogen) atoms. The summed E-state index contributed by atoms with van der Waals surface area (Å²) < 4.78 is 0. The molecule has 2 unspecified atom stereocenters. The van der Waals surface area contributed by atoms with Gasteiger partial charge in [-0.15, -0.1) is 6.04 Å². The number of aliphatic hydroxyl groups is 1.